The lowest BCUT2D eigenvalue weighted by molar-refractivity contribution is -0.119. The molecule has 1 aliphatic rings. The summed E-state index contributed by atoms with van der Waals surface area (Å²) in [7, 11) is 0. The topological polar surface area (TPSA) is 46.2 Å². The van der Waals surface area contributed by atoms with Gasteiger partial charge in [0.25, 0.3) is 0 Å². The molecule has 0 aromatic heterocycles. The van der Waals surface area contributed by atoms with E-state index >= 15 is 0 Å². The van der Waals surface area contributed by atoms with Gasteiger partial charge in [0.05, 0.1) is 5.41 Å². The Bertz CT molecular complexity index is 594. The number of nitrogens with one attached hydrogen (secondary N) is 1. The lowest BCUT2D eigenvalue weighted by atomic mass is 9.78. The largest absolute Gasteiger partial charge is 0.325 e. The van der Waals surface area contributed by atoms with Crippen LogP contribution in [0.15, 0.2) is 18.2 Å². The smallest absolute Gasteiger partial charge is 0.234 e. The molecule has 3 heteroatoms. The molecule has 0 radical (unpaired) electrons. The monoisotopic (exact) mass is 287 g/mol. The first-order valence-corrected chi connectivity index (χ1v) is 7.52. The summed E-state index contributed by atoms with van der Waals surface area (Å²) in [5, 5.41) is 2.87. The highest BCUT2D eigenvalue weighted by molar-refractivity contribution is 6.07. The number of fused-ring (bicyclic) bond motifs is 1. The predicted octanol–water partition coefficient (Wildman–Crippen LogP) is 4.17. The van der Waals surface area contributed by atoms with Crippen LogP contribution in [0.2, 0.25) is 0 Å². The number of carbonyl (C=O) groups is 2. The number of benzene rings is 1. The van der Waals surface area contributed by atoms with E-state index in [1.807, 2.05) is 32.0 Å². The van der Waals surface area contributed by atoms with Gasteiger partial charge < -0.3 is 5.32 Å². The summed E-state index contributed by atoms with van der Waals surface area (Å²) in [4.78, 5) is 24.4. The Balaban J connectivity index is 2.26. The molecule has 1 aliphatic heterocycles. The normalized spacial score (nSPS) is 18.1. The fraction of sp³-hybridized carbons (Fsp3) is 0.556. The minimum absolute atomic E-state index is 0.00911. The van der Waals surface area contributed by atoms with Gasteiger partial charge in [-0.1, -0.05) is 27.7 Å². The predicted molar refractivity (Wildman–Crippen MR) is 85.7 cm³/mol. The number of anilines is 1. The Morgan fingerprint density at radius 2 is 1.90 bits per heavy atom. The molecular weight excluding hydrogens is 262 g/mol. The van der Waals surface area contributed by atoms with Crippen molar-refractivity contribution in [3.05, 3.63) is 29.3 Å². The van der Waals surface area contributed by atoms with Gasteiger partial charge in [0, 0.05) is 17.7 Å². The van der Waals surface area contributed by atoms with Gasteiger partial charge in [-0.25, -0.2) is 0 Å². The molecule has 0 fully saturated rings. The van der Waals surface area contributed by atoms with Gasteiger partial charge in [-0.05, 0) is 48.9 Å². The highest BCUT2D eigenvalue weighted by atomic mass is 16.2. The van der Waals surface area contributed by atoms with Crippen LogP contribution in [0, 0.1) is 11.3 Å². The third-order valence-electron chi connectivity index (χ3n) is 4.80. The second kappa shape index (κ2) is 4.97. The third kappa shape index (κ3) is 2.87. The van der Waals surface area contributed by atoms with E-state index in [9.17, 15) is 9.59 Å². The molecule has 1 atom stereocenters. The van der Waals surface area contributed by atoms with Gasteiger partial charge in [-0.2, -0.15) is 0 Å². The average molecular weight is 287 g/mol. The van der Waals surface area contributed by atoms with Gasteiger partial charge in [0.15, 0.2) is 5.78 Å². The summed E-state index contributed by atoms with van der Waals surface area (Å²) in [6.45, 7) is 12.3. The maximum atomic E-state index is 12.5. The van der Waals surface area contributed by atoms with E-state index in [0.717, 1.165) is 11.3 Å². The fourth-order valence-corrected chi connectivity index (χ4v) is 2.45. The van der Waals surface area contributed by atoms with Gasteiger partial charge in [-0.3, -0.25) is 9.59 Å². The van der Waals surface area contributed by atoms with Crippen molar-refractivity contribution in [2.75, 3.05) is 5.32 Å². The number of hydrogen-bond acceptors (Lipinski definition) is 2. The number of carbonyl (C=O) groups excluding carboxylic acids is 2. The number of rotatable bonds is 3. The lowest BCUT2D eigenvalue weighted by Gasteiger charge is -2.26. The first-order chi connectivity index (χ1) is 9.53. The Labute approximate surface area is 127 Å². The summed E-state index contributed by atoms with van der Waals surface area (Å²) in [6.07, 6.45) is 0.532. The molecule has 21 heavy (non-hydrogen) atoms. The molecule has 2 rings (SSSR count). The molecule has 0 aliphatic carbocycles. The van der Waals surface area contributed by atoms with Crippen LogP contribution in [-0.2, 0) is 10.2 Å². The van der Waals surface area contributed by atoms with Crippen molar-refractivity contribution in [3.8, 4) is 0 Å². The second-order valence-electron chi connectivity index (χ2n) is 7.73. The Morgan fingerprint density at radius 1 is 1.29 bits per heavy atom. The number of Topliss-reactive ketones (excluding diaryl/α,β-unsaturated/α-hetero) is 1. The summed E-state index contributed by atoms with van der Waals surface area (Å²) >= 11 is 0. The van der Waals surface area contributed by atoms with Gasteiger partial charge in [0.2, 0.25) is 5.91 Å². The van der Waals surface area contributed by atoms with E-state index in [1.54, 1.807) is 0 Å². The quantitative estimate of drug-likeness (QED) is 0.848. The highest BCUT2D eigenvalue weighted by Gasteiger charge is 2.38. The van der Waals surface area contributed by atoms with Crippen molar-refractivity contribution >= 4 is 17.4 Å². The summed E-state index contributed by atoms with van der Waals surface area (Å²) < 4.78 is 0. The van der Waals surface area contributed by atoms with Crippen LogP contribution in [0.1, 0.15) is 63.9 Å². The van der Waals surface area contributed by atoms with Crippen molar-refractivity contribution in [3.63, 3.8) is 0 Å². The molecule has 1 amide bonds. The van der Waals surface area contributed by atoms with Gasteiger partial charge >= 0.3 is 0 Å². The SMILES string of the molecule is CC(CC(=O)c1ccc2c(c1)C(C)(C)C(=O)N2)C(C)(C)C. The molecular formula is C18H25NO2. The van der Waals surface area contributed by atoms with E-state index in [4.69, 9.17) is 0 Å². The number of ketones is 1. The summed E-state index contributed by atoms with van der Waals surface area (Å²) in [6, 6.07) is 5.54. The van der Waals surface area contributed by atoms with E-state index in [2.05, 4.69) is 33.0 Å². The lowest BCUT2D eigenvalue weighted by Crippen LogP contribution is -2.27. The molecule has 114 valence electrons. The molecule has 1 N–H and O–H groups in total. The van der Waals surface area contributed by atoms with Gasteiger partial charge in [-0.15, -0.1) is 0 Å². The average Bonchev–Trinajstić information content (AvgIpc) is 2.59. The van der Waals surface area contributed by atoms with Crippen molar-refractivity contribution < 1.29 is 9.59 Å². The van der Waals surface area contributed by atoms with Crippen molar-refractivity contribution in [2.45, 2.75) is 53.4 Å². The molecule has 0 saturated heterocycles. The van der Waals surface area contributed by atoms with Crippen LogP contribution in [0.25, 0.3) is 0 Å². The molecule has 1 aromatic rings. The van der Waals surface area contributed by atoms with Crippen molar-refractivity contribution in [1.82, 2.24) is 0 Å². The molecule has 1 heterocycles. The Morgan fingerprint density at radius 3 is 2.48 bits per heavy atom. The highest BCUT2D eigenvalue weighted by Crippen LogP contribution is 2.38. The number of amides is 1. The van der Waals surface area contributed by atoms with Crippen LogP contribution in [0.3, 0.4) is 0 Å². The summed E-state index contributed by atoms with van der Waals surface area (Å²) in [5.74, 6) is 0.451. The Kier molecular flexibility index (Phi) is 3.73. The van der Waals surface area contributed by atoms with Crippen molar-refractivity contribution in [2.24, 2.45) is 11.3 Å². The minimum atomic E-state index is -0.568. The van der Waals surface area contributed by atoms with Crippen LogP contribution in [0.5, 0.6) is 0 Å². The minimum Gasteiger partial charge on any atom is -0.325 e. The number of hydrogen-bond donors (Lipinski definition) is 1. The second-order valence-corrected chi connectivity index (χ2v) is 7.73. The van der Waals surface area contributed by atoms with E-state index < -0.39 is 5.41 Å². The first kappa shape index (κ1) is 15.7. The van der Waals surface area contributed by atoms with E-state index in [0.29, 0.717) is 17.9 Å². The maximum Gasteiger partial charge on any atom is 0.234 e. The molecule has 0 spiro atoms. The Hall–Kier alpha value is -1.64. The molecule has 1 unspecified atom stereocenters. The van der Waals surface area contributed by atoms with E-state index in [-0.39, 0.29) is 17.1 Å². The molecule has 0 saturated carbocycles. The molecule has 0 bridgehead atoms. The van der Waals surface area contributed by atoms with Crippen LogP contribution in [0.4, 0.5) is 5.69 Å². The zero-order valence-corrected chi connectivity index (χ0v) is 13.8. The first-order valence-electron chi connectivity index (χ1n) is 7.52. The summed E-state index contributed by atoms with van der Waals surface area (Å²) in [5.41, 5.74) is 1.99. The van der Waals surface area contributed by atoms with E-state index in [1.165, 1.54) is 0 Å². The third-order valence-corrected chi connectivity index (χ3v) is 4.80. The van der Waals surface area contributed by atoms with Gasteiger partial charge in [0.1, 0.15) is 0 Å². The van der Waals surface area contributed by atoms with Crippen LogP contribution in [-0.4, -0.2) is 11.7 Å². The molecule has 3 nitrogen and oxygen atoms in total. The fourth-order valence-electron chi connectivity index (χ4n) is 2.45. The maximum absolute atomic E-state index is 12.5. The van der Waals surface area contributed by atoms with Crippen LogP contribution >= 0.6 is 0 Å². The standard InChI is InChI=1S/C18H25NO2/c1-11(17(2,3)4)9-15(20)12-7-8-14-13(10-12)18(5,6)16(21)19-14/h7-8,10-11H,9H2,1-6H3,(H,19,21). The molecule has 1 aromatic carbocycles. The van der Waals surface area contributed by atoms with Crippen LogP contribution < -0.4 is 5.32 Å². The van der Waals surface area contributed by atoms with Crippen molar-refractivity contribution in [1.29, 1.82) is 0 Å². The zero-order valence-electron chi connectivity index (χ0n) is 13.8. The zero-order chi connectivity index (χ0) is 16.0.